The highest BCUT2D eigenvalue weighted by Gasteiger charge is 2.39. The van der Waals surface area contributed by atoms with Gasteiger partial charge in [-0.25, -0.2) is 0 Å². The number of nitrogens with one attached hydrogen (secondary N) is 2. The van der Waals surface area contributed by atoms with Crippen molar-refractivity contribution < 1.29 is 9.53 Å². The summed E-state index contributed by atoms with van der Waals surface area (Å²) >= 11 is 0. The second-order valence-electron chi connectivity index (χ2n) is 4.86. The van der Waals surface area contributed by atoms with Gasteiger partial charge in [-0.15, -0.1) is 0 Å². The van der Waals surface area contributed by atoms with Gasteiger partial charge in [0.2, 0.25) is 5.91 Å². The van der Waals surface area contributed by atoms with Crippen LogP contribution >= 0.6 is 0 Å². The Morgan fingerprint density at radius 2 is 2.24 bits per heavy atom. The van der Waals surface area contributed by atoms with Crippen LogP contribution in [0.1, 0.15) is 24.9 Å². The number of carbonyl (C=O) groups is 1. The minimum atomic E-state index is -0.227. The molecule has 4 heteroatoms. The van der Waals surface area contributed by atoms with Crippen LogP contribution in [0, 0.1) is 5.92 Å². The highest BCUT2D eigenvalue weighted by atomic mass is 16.5. The van der Waals surface area contributed by atoms with Crippen LogP contribution in [0.2, 0.25) is 0 Å². The molecule has 3 rings (SSSR count). The fourth-order valence-electron chi connectivity index (χ4n) is 2.30. The molecule has 90 valence electrons. The van der Waals surface area contributed by atoms with E-state index in [4.69, 9.17) is 4.74 Å². The molecule has 1 saturated carbocycles. The molecule has 0 saturated heterocycles. The molecule has 17 heavy (non-hydrogen) atoms. The fourth-order valence-corrected chi connectivity index (χ4v) is 2.30. The van der Waals surface area contributed by atoms with Gasteiger partial charge in [-0.1, -0.05) is 6.92 Å². The van der Waals surface area contributed by atoms with Gasteiger partial charge in [0.1, 0.15) is 11.8 Å². The lowest BCUT2D eigenvalue weighted by molar-refractivity contribution is -0.117. The van der Waals surface area contributed by atoms with E-state index in [0.717, 1.165) is 23.4 Å². The lowest BCUT2D eigenvalue weighted by atomic mass is 10.1. The predicted octanol–water partition coefficient (Wildman–Crippen LogP) is 1.69. The minimum absolute atomic E-state index is 0.0346. The van der Waals surface area contributed by atoms with Crippen LogP contribution in [0.4, 0.5) is 5.69 Å². The van der Waals surface area contributed by atoms with Gasteiger partial charge in [0.15, 0.2) is 0 Å². The third-order valence-electron chi connectivity index (χ3n) is 3.58. The number of ether oxygens (including phenoxy) is 1. The van der Waals surface area contributed by atoms with E-state index >= 15 is 0 Å². The second-order valence-corrected chi connectivity index (χ2v) is 4.86. The Hall–Kier alpha value is -1.55. The third kappa shape index (κ3) is 1.78. The van der Waals surface area contributed by atoms with E-state index < -0.39 is 0 Å². The third-order valence-corrected chi connectivity index (χ3v) is 3.58. The summed E-state index contributed by atoms with van der Waals surface area (Å²) in [6.45, 7) is 2.19. The summed E-state index contributed by atoms with van der Waals surface area (Å²) in [5.41, 5.74) is 1.88. The van der Waals surface area contributed by atoms with Crippen molar-refractivity contribution in [1.29, 1.82) is 0 Å². The fraction of sp³-hybridized carbons (Fsp3) is 0.462. The second kappa shape index (κ2) is 3.74. The molecule has 0 bridgehead atoms. The summed E-state index contributed by atoms with van der Waals surface area (Å²) in [6, 6.07) is 5.93. The highest BCUT2D eigenvalue weighted by Crippen LogP contribution is 2.37. The molecule has 1 amide bonds. The van der Waals surface area contributed by atoms with Gasteiger partial charge >= 0.3 is 0 Å². The lowest BCUT2D eigenvalue weighted by Gasteiger charge is -2.11. The molecule has 4 nitrogen and oxygen atoms in total. The van der Waals surface area contributed by atoms with Gasteiger partial charge in [-0.3, -0.25) is 10.1 Å². The van der Waals surface area contributed by atoms with Crippen molar-refractivity contribution >= 4 is 11.6 Å². The Morgan fingerprint density at radius 1 is 1.47 bits per heavy atom. The number of hydrogen-bond acceptors (Lipinski definition) is 3. The van der Waals surface area contributed by atoms with E-state index in [2.05, 4.69) is 17.6 Å². The predicted molar refractivity (Wildman–Crippen MR) is 65.1 cm³/mol. The molecule has 0 spiro atoms. The quantitative estimate of drug-likeness (QED) is 0.833. The van der Waals surface area contributed by atoms with Crippen molar-refractivity contribution in [1.82, 2.24) is 5.32 Å². The van der Waals surface area contributed by atoms with Crippen molar-refractivity contribution in [3.8, 4) is 5.75 Å². The van der Waals surface area contributed by atoms with Crippen molar-refractivity contribution in [3.63, 3.8) is 0 Å². The van der Waals surface area contributed by atoms with Crippen LogP contribution in [0.3, 0.4) is 0 Å². The number of rotatable bonds is 3. The van der Waals surface area contributed by atoms with E-state index in [9.17, 15) is 4.79 Å². The number of fused-ring (bicyclic) bond motifs is 1. The number of carbonyl (C=O) groups excluding carboxylic acids is 1. The largest absolute Gasteiger partial charge is 0.497 e. The molecule has 1 heterocycles. The molecule has 0 aromatic heterocycles. The lowest BCUT2D eigenvalue weighted by Crippen LogP contribution is -2.29. The molecule has 1 aromatic carbocycles. The van der Waals surface area contributed by atoms with E-state index in [0.29, 0.717) is 12.0 Å². The van der Waals surface area contributed by atoms with Gasteiger partial charge in [0.25, 0.3) is 0 Å². The summed E-state index contributed by atoms with van der Waals surface area (Å²) in [5, 5.41) is 6.28. The number of amides is 1. The molecule has 1 aliphatic carbocycles. The van der Waals surface area contributed by atoms with E-state index in [1.165, 1.54) is 0 Å². The Kier molecular flexibility index (Phi) is 2.33. The van der Waals surface area contributed by atoms with Gasteiger partial charge in [0, 0.05) is 17.3 Å². The number of benzene rings is 1. The molecule has 2 N–H and O–H groups in total. The maximum absolute atomic E-state index is 11.9. The highest BCUT2D eigenvalue weighted by molar-refractivity contribution is 6.02. The van der Waals surface area contributed by atoms with Crippen LogP contribution < -0.4 is 15.4 Å². The molecular weight excluding hydrogens is 216 g/mol. The van der Waals surface area contributed by atoms with Crippen molar-refractivity contribution in [2.45, 2.75) is 25.4 Å². The number of methoxy groups -OCH3 is 1. The zero-order chi connectivity index (χ0) is 12.0. The summed E-state index contributed by atoms with van der Waals surface area (Å²) in [5.74, 6) is 1.50. The summed E-state index contributed by atoms with van der Waals surface area (Å²) in [4.78, 5) is 11.9. The summed E-state index contributed by atoms with van der Waals surface area (Å²) in [7, 11) is 1.64. The van der Waals surface area contributed by atoms with Crippen LogP contribution in [-0.4, -0.2) is 19.1 Å². The summed E-state index contributed by atoms with van der Waals surface area (Å²) < 4.78 is 5.20. The maximum Gasteiger partial charge on any atom is 0.246 e. The van der Waals surface area contributed by atoms with Gasteiger partial charge in [-0.2, -0.15) is 0 Å². The number of anilines is 1. The summed E-state index contributed by atoms with van der Waals surface area (Å²) in [6.07, 6.45) is 1.16. The molecule has 3 atom stereocenters. The molecule has 0 radical (unpaired) electrons. The zero-order valence-corrected chi connectivity index (χ0v) is 9.99. The first-order valence-corrected chi connectivity index (χ1v) is 5.94. The first-order valence-electron chi connectivity index (χ1n) is 5.94. The monoisotopic (exact) mass is 232 g/mol. The first kappa shape index (κ1) is 10.6. The zero-order valence-electron chi connectivity index (χ0n) is 9.99. The molecule has 2 aliphatic rings. The van der Waals surface area contributed by atoms with Gasteiger partial charge in [-0.05, 0) is 30.5 Å². The Balaban J connectivity index is 1.88. The maximum atomic E-state index is 11.9. The minimum Gasteiger partial charge on any atom is -0.497 e. The SMILES string of the molecule is COc1ccc2c(c1)C(NC1CC1C)C(=O)N2. The van der Waals surface area contributed by atoms with Gasteiger partial charge < -0.3 is 10.1 Å². The van der Waals surface area contributed by atoms with Gasteiger partial charge in [0.05, 0.1) is 7.11 Å². The Labute approximate surface area is 100 Å². The molecule has 1 aromatic rings. The smallest absolute Gasteiger partial charge is 0.246 e. The molecule has 3 unspecified atom stereocenters. The number of hydrogen-bond donors (Lipinski definition) is 2. The standard InChI is InChI=1S/C13H16N2O2/c1-7-5-11(7)14-12-9-6-8(17-2)3-4-10(9)15-13(12)16/h3-4,6-7,11-12,14H,5H2,1-2H3,(H,15,16). The normalized spacial score (nSPS) is 29.8. The van der Waals surface area contributed by atoms with E-state index in [-0.39, 0.29) is 11.9 Å². The van der Waals surface area contributed by atoms with Crippen LogP contribution in [0.5, 0.6) is 5.75 Å². The van der Waals surface area contributed by atoms with E-state index in [1.807, 2.05) is 18.2 Å². The Morgan fingerprint density at radius 3 is 2.88 bits per heavy atom. The first-order chi connectivity index (χ1) is 8.19. The van der Waals surface area contributed by atoms with Crippen molar-refractivity contribution in [3.05, 3.63) is 23.8 Å². The van der Waals surface area contributed by atoms with Crippen LogP contribution in [0.15, 0.2) is 18.2 Å². The average Bonchev–Trinajstić information content (AvgIpc) is 2.93. The molecule has 1 fully saturated rings. The molecular formula is C13H16N2O2. The average molecular weight is 232 g/mol. The van der Waals surface area contributed by atoms with E-state index in [1.54, 1.807) is 7.11 Å². The van der Waals surface area contributed by atoms with Crippen molar-refractivity contribution in [2.24, 2.45) is 5.92 Å². The molecule has 1 aliphatic heterocycles. The topological polar surface area (TPSA) is 50.4 Å². The van der Waals surface area contributed by atoms with Crippen molar-refractivity contribution in [2.75, 3.05) is 12.4 Å². The van der Waals surface area contributed by atoms with Crippen LogP contribution in [0.25, 0.3) is 0 Å². The van der Waals surface area contributed by atoms with Crippen LogP contribution in [-0.2, 0) is 4.79 Å². The Bertz CT molecular complexity index is 472.